The van der Waals surface area contributed by atoms with Gasteiger partial charge in [0, 0.05) is 29.7 Å². The number of hydrogen-bond acceptors (Lipinski definition) is 4. The van der Waals surface area contributed by atoms with Crippen molar-refractivity contribution in [2.24, 2.45) is 0 Å². The normalized spacial score (nSPS) is 13.4. The van der Waals surface area contributed by atoms with E-state index >= 15 is 0 Å². The standard InChI is InChI=1S/C13H23N3OS/c1-10(18-5)6-7-14-11-12(17)16(9-8-15-11)13(2,3)4/h8-10H,6-7H2,1-5H3,(H,14,15). The minimum absolute atomic E-state index is 0.0539. The smallest absolute Gasteiger partial charge is 0.293 e. The topological polar surface area (TPSA) is 46.9 Å². The molecule has 0 aliphatic heterocycles. The molecule has 0 saturated heterocycles. The second kappa shape index (κ2) is 6.27. The van der Waals surface area contributed by atoms with Gasteiger partial charge in [-0.2, -0.15) is 11.8 Å². The van der Waals surface area contributed by atoms with Crippen molar-refractivity contribution in [2.75, 3.05) is 18.1 Å². The summed E-state index contributed by atoms with van der Waals surface area (Å²) in [7, 11) is 0. The van der Waals surface area contributed by atoms with Gasteiger partial charge in [-0.15, -0.1) is 0 Å². The highest BCUT2D eigenvalue weighted by molar-refractivity contribution is 7.99. The fraction of sp³-hybridized carbons (Fsp3) is 0.692. The quantitative estimate of drug-likeness (QED) is 0.892. The van der Waals surface area contributed by atoms with Crippen LogP contribution in [0.25, 0.3) is 0 Å². The van der Waals surface area contributed by atoms with E-state index in [1.54, 1.807) is 17.0 Å². The molecule has 1 rings (SSSR count). The van der Waals surface area contributed by atoms with Gasteiger partial charge >= 0.3 is 0 Å². The number of anilines is 1. The Morgan fingerprint density at radius 2 is 2.17 bits per heavy atom. The highest BCUT2D eigenvalue weighted by atomic mass is 32.2. The molecule has 1 aromatic heterocycles. The van der Waals surface area contributed by atoms with Crippen LogP contribution in [0.5, 0.6) is 0 Å². The predicted octanol–water partition coefficient (Wildman–Crippen LogP) is 2.55. The van der Waals surface area contributed by atoms with Crippen LogP contribution in [-0.4, -0.2) is 27.6 Å². The molecule has 4 nitrogen and oxygen atoms in total. The Labute approximate surface area is 113 Å². The zero-order valence-electron chi connectivity index (χ0n) is 11.9. The number of thioether (sulfide) groups is 1. The van der Waals surface area contributed by atoms with Crippen LogP contribution < -0.4 is 10.9 Å². The molecule has 0 aliphatic rings. The van der Waals surface area contributed by atoms with Gasteiger partial charge in [0.25, 0.3) is 5.56 Å². The van der Waals surface area contributed by atoms with Crippen LogP contribution in [0.2, 0.25) is 0 Å². The van der Waals surface area contributed by atoms with Crippen LogP contribution in [0, 0.1) is 0 Å². The lowest BCUT2D eigenvalue weighted by molar-refractivity contribution is 0.383. The Hall–Kier alpha value is -0.970. The first-order chi connectivity index (χ1) is 8.36. The van der Waals surface area contributed by atoms with Crippen LogP contribution in [-0.2, 0) is 5.54 Å². The van der Waals surface area contributed by atoms with Crippen LogP contribution in [0.1, 0.15) is 34.1 Å². The highest BCUT2D eigenvalue weighted by Gasteiger charge is 2.16. The Morgan fingerprint density at radius 3 is 2.72 bits per heavy atom. The van der Waals surface area contributed by atoms with E-state index in [1.165, 1.54) is 0 Å². The van der Waals surface area contributed by atoms with Crippen molar-refractivity contribution in [3.63, 3.8) is 0 Å². The first-order valence-electron chi connectivity index (χ1n) is 6.21. The SMILES string of the molecule is CSC(C)CCNc1nccn(C(C)(C)C)c1=O. The molecule has 1 unspecified atom stereocenters. The molecule has 1 heterocycles. The van der Waals surface area contributed by atoms with Crippen molar-refractivity contribution in [2.45, 2.75) is 44.9 Å². The molecule has 1 aromatic rings. The van der Waals surface area contributed by atoms with Gasteiger partial charge in [0.2, 0.25) is 0 Å². The summed E-state index contributed by atoms with van der Waals surface area (Å²) >= 11 is 1.83. The summed E-state index contributed by atoms with van der Waals surface area (Å²) in [6.45, 7) is 8.98. The number of aromatic nitrogens is 2. The minimum Gasteiger partial charge on any atom is -0.365 e. The lowest BCUT2D eigenvalue weighted by Gasteiger charge is -2.22. The lowest BCUT2D eigenvalue weighted by Crippen LogP contribution is -2.35. The van der Waals surface area contributed by atoms with E-state index in [1.807, 2.05) is 32.5 Å². The molecule has 0 aromatic carbocycles. The highest BCUT2D eigenvalue weighted by Crippen LogP contribution is 2.11. The van der Waals surface area contributed by atoms with E-state index in [0.717, 1.165) is 13.0 Å². The Bertz CT molecular complexity index is 437. The fourth-order valence-corrected chi connectivity index (χ4v) is 1.93. The first-order valence-corrected chi connectivity index (χ1v) is 7.50. The second-order valence-electron chi connectivity index (χ2n) is 5.38. The van der Waals surface area contributed by atoms with Crippen molar-refractivity contribution >= 4 is 17.6 Å². The molecule has 1 N–H and O–H groups in total. The van der Waals surface area contributed by atoms with E-state index in [2.05, 4.69) is 23.5 Å². The molecular formula is C13H23N3OS. The van der Waals surface area contributed by atoms with E-state index in [0.29, 0.717) is 11.1 Å². The molecule has 0 amide bonds. The molecule has 102 valence electrons. The average molecular weight is 269 g/mol. The predicted molar refractivity (Wildman–Crippen MR) is 79.6 cm³/mol. The largest absolute Gasteiger partial charge is 0.365 e. The third-order valence-corrected chi connectivity index (χ3v) is 3.85. The third kappa shape index (κ3) is 4.05. The summed E-state index contributed by atoms with van der Waals surface area (Å²) in [5.74, 6) is 0.445. The van der Waals surface area contributed by atoms with Crippen molar-refractivity contribution < 1.29 is 0 Å². The summed E-state index contributed by atoms with van der Waals surface area (Å²) in [5.41, 5.74) is -0.273. The van der Waals surface area contributed by atoms with Gasteiger partial charge < -0.3 is 9.88 Å². The summed E-state index contributed by atoms with van der Waals surface area (Å²) in [6.07, 6.45) is 6.52. The molecule has 5 heteroatoms. The monoisotopic (exact) mass is 269 g/mol. The molecular weight excluding hydrogens is 246 g/mol. The molecule has 1 atom stereocenters. The summed E-state index contributed by atoms with van der Waals surface area (Å²) < 4.78 is 1.71. The molecule has 0 fully saturated rings. The maximum atomic E-state index is 12.2. The van der Waals surface area contributed by atoms with Crippen molar-refractivity contribution in [3.05, 3.63) is 22.7 Å². The van der Waals surface area contributed by atoms with Crippen molar-refractivity contribution in [3.8, 4) is 0 Å². The van der Waals surface area contributed by atoms with Gasteiger partial charge in [0.05, 0.1) is 0 Å². The second-order valence-corrected chi connectivity index (χ2v) is 6.66. The molecule has 0 saturated carbocycles. The van der Waals surface area contributed by atoms with Gasteiger partial charge in [0.15, 0.2) is 5.82 Å². The van der Waals surface area contributed by atoms with Gasteiger partial charge in [-0.1, -0.05) is 6.92 Å². The molecule has 18 heavy (non-hydrogen) atoms. The maximum Gasteiger partial charge on any atom is 0.293 e. The minimum atomic E-state index is -0.219. The fourth-order valence-electron chi connectivity index (χ4n) is 1.57. The number of hydrogen-bond donors (Lipinski definition) is 1. The summed E-state index contributed by atoms with van der Waals surface area (Å²) in [4.78, 5) is 16.3. The molecule has 0 spiro atoms. The zero-order valence-corrected chi connectivity index (χ0v) is 12.7. The van der Waals surface area contributed by atoms with Gasteiger partial charge in [-0.3, -0.25) is 4.79 Å². The molecule has 0 radical (unpaired) electrons. The van der Waals surface area contributed by atoms with E-state index in [4.69, 9.17) is 0 Å². The van der Waals surface area contributed by atoms with Gasteiger partial charge in [-0.05, 0) is 33.4 Å². The lowest BCUT2D eigenvalue weighted by atomic mass is 10.1. The van der Waals surface area contributed by atoms with E-state index in [-0.39, 0.29) is 11.1 Å². The summed E-state index contributed by atoms with van der Waals surface area (Å²) in [5, 5.41) is 3.72. The average Bonchev–Trinajstić information content (AvgIpc) is 2.29. The van der Waals surface area contributed by atoms with Crippen LogP contribution in [0.15, 0.2) is 17.2 Å². The summed E-state index contributed by atoms with van der Waals surface area (Å²) in [6, 6.07) is 0. The van der Waals surface area contributed by atoms with Crippen LogP contribution in [0.3, 0.4) is 0 Å². The number of rotatable bonds is 5. The molecule has 0 aliphatic carbocycles. The number of nitrogens with one attached hydrogen (secondary N) is 1. The van der Waals surface area contributed by atoms with Crippen LogP contribution in [0.4, 0.5) is 5.82 Å². The van der Waals surface area contributed by atoms with Gasteiger partial charge in [0.1, 0.15) is 0 Å². The maximum absolute atomic E-state index is 12.2. The van der Waals surface area contributed by atoms with Crippen molar-refractivity contribution in [1.29, 1.82) is 0 Å². The Balaban J connectivity index is 2.76. The Morgan fingerprint density at radius 1 is 1.50 bits per heavy atom. The zero-order chi connectivity index (χ0) is 13.8. The first kappa shape index (κ1) is 15.1. The van der Waals surface area contributed by atoms with Crippen LogP contribution >= 0.6 is 11.8 Å². The van der Waals surface area contributed by atoms with E-state index < -0.39 is 0 Å². The molecule has 0 bridgehead atoms. The van der Waals surface area contributed by atoms with E-state index in [9.17, 15) is 4.79 Å². The van der Waals surface area contributed by atoms with Crippen molar-refractivity contribution in [1.82, 2.24) is 9.55 Å². The number of nitrogens with zero attached hydrogens (tertiary/aromatic N) is 2. The third-order valence-electron chi connectivity index (χ3n) is 2.81. The van der Waals surface area contributed by atoms with Gasteiger partial charge in [-0.25, -0.2) is 4.98 Å². The Kier molecular flexibility index (Phi) is 5.26.